The largest absolute Gasteiger partial charge is 0.396 e. The molecule has 0 spiro atoms. The van der Waals surface area contributed by atoms with Crippen molar-refractivity contribution in [2.75, 3.05) is 46.0 Å². The number of ether oxygens (including phenoxy) is 1. The lowest BCUT2D eigenvalue weighted by Gasteiger charge is -2.45. The second kappa shape index (κ2) is 8.43. The molecule has 2 atom stereocenters. The van der Waals surface area contributed by atoms with Gasteiger partial charge in [0.1, 0.15) is 11.0 Å². The predicted molar refractivity (Wildman–Crippen MR) is 97.7 cm³/mol. The van der Waals surface area contributed by atoms with E-state index in [4.69, 9.17) is 9.37 Å². The summed E-state index contributed by atoms with van der Waals surface area (Å²) in [6, 6.07) is 6.67. The van der Waals surface area contributed by atoms with Crippen molar-refractivity contribution < 1.29 is 14.5 Å². The SMILES string of the molecule is OCCC[C@@H]1CN(Cc2cccc3nonc23)CC[C@@H]1N1CCOCC1. The van der Waals surface area contributed by atoms with Gasteiger partial charge in [0.2, 0.25) is 0 Å². The number of piperidine rings is 1. The van der Waals surface area contributed by atoms with Crippen LogP contribution < -0.4 is 0 Å². The van der Waals surface area contributed by atoms with E-state index >= 15 is 0 Å². The number of benzene rings is 1. The van der Waals surface area contributed by atoms with E-state index in [-0.39, 0.29) is 6.61 Å². The first kappa shape index (κ1) is 17.9. The maximum Gasteiger partial charge on any atom is 0.139 e. The molecule has 142 valence electrons. The molecule has 2 fully saturated rings. The van der Waals surface area contributed by atoms with Gasteiger partial charge >= 0.3 is 0 Å². The molecule has 4 rings (SSSR count). The molecule has 7 nitrogen and oxygen atoms in total. The Kier molecular flexibility index (Phi) is 5.79. The number of hydrogen-bond acceptors (Lipinski definition) is 7. The van der Waals surface area contributed by atoms with Crippen molar-refractivity contribution in [1.29, 1.82) is 0 Å². The summed E-state index contributed by atoms with van der Waals surface area (Å²) in [7, 11) is 0. The number of rotatable bonds is 6. The van der Waals surface area contributed by atoms with Crippen LogP contribution in [0.25, 0.3) is 11.0 Å². The van der Waals surface area contributed by atoms with Gasteiger partial charge in [0.05, 0.1) is 13.2 Å². The van der Waals surface area contributed by atoms with Gasteiger partial charge in [-0.1, -0.05) is 12.1 Å². The molecule has 0 aliphatic carbocycles. The Balaban J connectivity index is 1.44. The fourth-order valence-corrected chi connectivity index (χ4v) is 4.50. The Morgan fingerprint density at radius 3 is 2.88 bits per heavy atom. The van der Waals surface area contributed by atoms with Crippen molar-refractivity contribution in [3.63, 3.8) is 0 Å². The first-order valence-electron chi connectivity index (χ1n) is 9.70. The smallest absolute Gasteiger partial charge is 0.139 e. The Bertz CT molecular complexity index is 701. The third-order valence-electron chi connectivity index (χ3n) is 5.79. The zero-order valence-corrected chi connectivity index (χ0v) is 15.2. The van der Waals surface area contributed by atoms with E-state index in [1.54, 1.807) is 0 Å². The van der Waals surface area contributed by atoms with E-state index in [0.29, 0.717) is 12.0 Å². The third kappa shape index (κ3) is 3.91. The van der Waals surface area contributed by atoms with Crippen LogP contribution in [-0.4, -0.2) is 77.3 Å². The number of fused-ring (bicyclic) bond motifs is 1. The van der Waals surface area contributed by atoms with Gasteiger partial charge in [0.15, 0.2) is 0 Å². The highest BCUT2D eigenvalue weighted by atomic mass is 16.6. The zero-order valence-electron chi connectivity index (χ0n) is 15.2. The van der Waals surface area contributed by atoms with Crippen LogP contribution in [0.1, 0.15) is 24.8 Å². The molecular formula is C19H28N4O3. The van der Waals surface area contributed by atoms with Crippen LogP contribution in [0.3, 0.4) is 0 Å². The molecule has 1 aromatic heterocycles. The number of aliphatic hydroxyl groups excluding tert-OH is 1. The highest BCUT2D eigenvalue weighted by Crippen LogP contribution is 2.28. The molecule has 2 saturated heterocycles. The van der Waals surface area contributed by atoms with Crippen LogP contribution in [0.2, 0.25) is 0 Å². The van der Waals surface area contributed by atoms with Crippen LogP contribution in [0, 0.1) is 5.92 Å². The lowest BCUT2D eigenvalue weighted by molar-refractivity contribution is -0.0231. The molecule has 1 aromatic carbocycles. The summed E-state index contributed by atoms with van der Waals surface area (Å²) in [4.78, 5) is 5.12. The number of hydrogen-bond donors (Lipinski definition) is 1. The summed E-state index contributed by atoms with van der Waals surface area (Å²) >= 11 is 0. The normalized spacial score (nSPS) is 25.7. The van der Waals surface area contributed by atoms with Gasteiger partial charge in [-0.05, 0) is 53.7 Å². The van der Waals surface area contributed by atoms with Crippen LogP contribution in [-0.2, 0) is 11.3 Å². The Labute approximate surface area is 153 Å². The molecule has 2 aliphatic rings. The fraction of sp³-hybridized carbons (Fsp3) is 0.684. The lowest BCUT2D eigenvalue weighted by atomic mass is 9.86. The van der Waals surface area contributed by atoms with Gasteiger partial charge in [-0.25, -0.2) is 4.63 Å². The van der Waals surface area contributed by atoms with E-state index in [2.05, 4.69) is 26.2 Å². The molecule has 1 N–H and O–H groups in total. The first-order chi connectivity index (χ1) is 12.8. The zero-order chi connectivity index (χ0) is 17.8. The molecule has 3 heterocycles. The van der Waals surface area contributed by atoms with E-state index in [1.165, 1.54) is 12.0 Å². The maximum atomic E-state index is 9.32. The summed E-state index contributed by atoms with van der Waals surface area (Å²) in [5.74, 6) is 0.587. The van der Waals surface area contributed by atoms with Crippen molar-refractivity contribution in [1.82, 2.24) is 20.1 Å². The van der Waals surface area contributed by atoms with E-state index < -0.39 is 0 Å². The third-order valence-corrected chi connectivity index (χ3v) is 5.79. The van der Waals surface area contributed by atoms with Gasteiger partial charge < -0.3 is 9.84 Å². The van der Waals surface area contributed by atoms with Gasteiger partial charge in [0.25, 0.3) is 0 Å². The fourth-order valence-electron chi connectivity index (χ4n) is 4.50. The van der Waals surface area contributed by atoms with Crippen molar-refractivity contribution in [3.8, 4) is 0 Å². The second-order valence-corrected chi connectivity index (χ2v) is 7.41. The van der Waals surface area contributed by atoms with Crippen molar-refractivity contribution >= 4 is 11.0 Å². The monoisotopic (exact) mass is 360 g/mol. The van der Waals surface area contributed by atoms with Crippen molar-refractivity contribution in [2.45, 2.75) is 31.8 Å². The number of aromatic nitrogens is 2. The van der Waals surface area contributed by atoms with Gasteiger partial charge in [-0.2, -0.15) is 0 Å². The summed E-state index contributed by atoms with van der Waals surface area (Å²) < 4.78 is 10.4. The van der Waals surface area contributed by atoms with E-state index in [0.717, 1.165) is 69.8 Å². The molecule has 0 unspecified atom stereocenters. The molecular weight excluding hydrogens is 332 g/mol. The Hall–Kier alpha value is -1.54. The summed E-state index contributed by atoms with van der Waals surface area (Å²) in [6.07, 6.45) is 3.12. The van der Waals surface area contributed by atoms with Gasteiger partial charge in [-0.15, -0.1) is 0 Å². The highest BCUT2D eigenvalue weighted by molar-refractivity contribution is 5.76. The summed E-state index contributed by atoms with van der Waals surface area (Å²) in [6.45, 7) is 7.03. The minimum Gasteiger partial charge on any atom is -0.396 e. The molecule has 0 bridgehead atoms. The van der Waals surface area contributed by atoms with Crippen molar-refractivity contribution in [2.24, 2.45) is 5.92 Å². The number of nitrogens with zero attached hydrogens (tertiary/aromatic N) is 4. The van der Waals surface area contributed by atoms with Crippen LogP contribution in [0.15, 0.2) is 22.8 Å². The average molecular weight is 360 g/mol. The summed E-state index contributed by atoms with van der Waals surface area (Å²) in [5, 5.41) is 17.3. The average Bonchev–Trinajstić information content (AvgIpc) is 3.17. The van der Waals surface area contributed by atoms with Crippen LogP contribution in [0.5, 0.6) is 0 Å². The van der Waals surface area contributed by atoms with Gasteiger partial charge in [0, 0.05) is 38.8 Å². The molecule has 2 aromatic rings. The summed E-state index contributed by atoms with van der Waals surface area (Å²) in [5.41, 5.74) is 2.87. The number of aliphatic hydroxyl groups is 1. The predicted octanol–water partition coefficient (Wildman–Crippen LogP) is 1.52. The molecule has 7 heteroatoms. The lowest BCUT2D eigenvalue weighted by Crippen LogP contribution is -2.53. The standard InChI is InChI=1S/C19H28N4O3/c24-10-2-4-15-13-22(7-6-18(15)23-8-11-25-12-9-23)14-16-3-1-5-17-19(16)21-26-20-17/h1,3,5,15,18,24H,2,4,6-14H2/t15-,18+/m1/s1. The van der Waals surface area contributed by atoms with Crippen LogP contribution >= 0.6 is 0 Å². The Morgan fingerprint density at radius 2 is 2.04 bits per heavy atom. The van der Waals surface area contributed by atoms with Crippen LogP contribution in [0.4, 0.5) is 0 Å². The molecule has 2 aliphatic heterocycles. The topological polar surface area (TPSA) is 74.9 Å². The van der Waals surface area contributed by atoms with E-state index in [9.17, 15) is 5.11 Å². The molecule has 0 radical (unpaired) electrons. The quantitative estimate of drug-likeness (QED) is 0.837. The molecule has 0 amide bonds. The molecule has 0 saturated carbocycles. The van der Waals surface area contributed by atoms with Crippen molar-refractivity contribution in [3.05, 3.63) is 23.8 Å². The first-order valence-corrected chi connectivity index (χ1v) is 9.70. The number of likely N-dealkylation sites (tertiary alicyclic amines) is 1. The maximum absolute atomic E-state index is 9.32. The minimum atomic E-state index is 0.274. The second-order valence-electron chi connectivity index (χ2n) is 7.41. The van der Waals surface area contributed by atoms with Gasteiger partial charge in [-0.3, -0.25) is 9.80 Å². The van der Waals surface area contributed by atoms with E-state index in [1.807, 2.05) is 12.1 Å². The Morgan fingerprint density at radius 1 is 1.15 bits per heavy atom. The minimum absolute atomic E-state index is 0.274. The number of morpholine rings is 1. The molecule has 26 heavy (non-hydrogen) atoms. The highest BCUT2D eigenvalue weighted by Gasteiger charge is 2.33.